The maximum absolute atomic E-state index is 12.0. The van der Waals surface area contributed by atoms with Crippen LogP contribution >= 0.6 is 23.2 Å². The maximum atomic E-state index is 12.0. The number of carbonyl (C=O) groups excluding carboxylic acids is 1. The molecular formula is C20H23Cl2NO2. The van der Waals surface area contributed by atoms with Crippen LogP contribution in [0, 0.1) is 6.92 Å². The van der Waals surface area contributed by atoms with Crippen LogP contribution in [0.4, 0.5) is 0 Å². The zero-order valence-corrected chi connectivity index (χ0v) is 16.2. The highest BCUT2D eigenvalue weighted by Crippen LogP contribution is 2.31. The van der Waals surface area contributed by atoms with Gasteiger partial charge in [0.05, 0.1) is 0 Å². The summed E-state index contributed by atoms with van der Waals surface area (Å²) in [7, 11) is 0. The van der Waals surface area contributed by atoms with E-state index in [0.29, 0.717) is 22.3 Å². The molecule has 0 saturated heterocycles. The number of ether oxygens (including phenoxy) is 1. The SMILES string of the molecule is Cc1cc(OCC(=O)NCCc2ccc(Cl)cc2)c(C(C)C)cc1Cl. The number of halogens is 2. The smallest absolute Gasteiger partial charge is 0.257 e. The standard InChI is InChI=1S/C20H23Cl2NO2/c1-13(2)17-11-18(22)14(3)10-19(17)25-12-20(24)23-9-8-15-4-6-16(21)7-5-15/h4-7,10-11,13H,8-9,12H2,1-3H3,(H,23,24). The largest absolute Gasteiger partial charge is 0.483 e. The number of nitrogens with one attached hydrogen (secondary N) is 1. The molecule has 0 fully saturated rings. The van der Waals surface area contributed by atoms with Gasteiger partial charge in [0.1, 0.15) is 5.75 Å². The van der Waals surface area contributed by atoms with Crippen LogP contribution in [0.25, 0.3) is 0 Å². The summed E-state index contributed by atoms with van der Waals surface area (Å²) in [5, 5.41) is 4.29. The Morgan fingerprint density at radius 2 is 1.84 bits per heavy atom. The first-order valence-electron chi connectivity index (χ1n) is 8.30. The number of rotatable bonds is 7. The summed E-state index contributed by atoms with van der Waals surface area (Å²) in [4.78, 5) is 12.0. The van der Waals surface area contributed by atoms with Crippen molar-refractivity contribution in [1.29, 1.82) is 0 Å². The van der Waals surface area contributed by atoms with Crippen molar-refractivity contribution in [2.24, 2.45) is 0 Å². The highest BCUT2D eigenvalue weighted by Gasteiger charge is 2.12. The van der Waals surface area contributed by atoms with Crippen molar-refractivity contribution in [3.63, 3.8) is 0 Å². The van der Waals surface area contributed by atoms with E-state index < -0.39 is 0 Å². The van der Waals surface area contributed by atoms with Gasteiger partial charge in [0.2, 0.25) is 0 Å². The van der Waals surface area contributed by atoms with E-state index in [1.807, 2.05) is 43.3 Å². The van der Waals surface area contributed by atoms with E-state index in [2.05, 4.69) is 19.2 Å². The van der Waals surface area contributed by atoms with E-state index in [0.717, 1.165) is 23.1 Å². The van der Waals surface area contributed by atoms with Crippen molar-refractivity contribution in [3.05, 3.63) is 63.1 Å². The van der Waals surface area contributed by atoms with Gasteiger partial charge in [0.15, 0.2) is 6.61 Å². The van der Waals surface area contributed by atoms with Crippen LogP contribution in [-0.2, 0) is 11.2 Å². The highest BCUT2D eigenvalue weighted by molar-refractivity contribution is 6.31. The number of carbonyl (C=O) groups is 1. The minimum Gasteiger partial charge on any atom is -0.483 e. The Bertz CT molecular complexity index is 727. The van der Waals surface area contributed by atoms with Crippen LogP contribution in [0.3, 0.4) is 0 Å². The topological polar surface area (TPSA) is 38.3 Å². The van der Waals surface area contributed by atoms with Gasteiger partial charge in [-0.3, -0.25) is 4.79 Å². The van der Waals surface area contributed by atoms with E-state index in [4.69, 9.17) is 27.9 Å². The third kappa shape index (κ3) is 5.94. The molecule has 1 amide bonds. The van der Waals surface area contributed by atoms with Gasteiger partial charge < -0.3 is 10.1 Å². The zero-order valence-electron chi connectivity index (χ0n) is 14.7. The Balaban J connectivity index is 1.85. The molecule has 0 aliphatic carbocycles. The van der Waals surface area contributed by atoms with E-state index in [9.17, 15) is 4.79 Å². The van der Waals surface area contributed by atoms with Crippen molar-refractivity contribution in [2.45, 2.75) is 33.1 Å². The molecule has 2 rings (SSSR count). The van der Waals surface area contributed by atoms with Crippen molar-refractivity contribution in [3.8, 4) is 5.75 Å². The first kappa shape index (κ1) is 19.6. The summed E-state index contributed by atoms with van der Waals surface area (Å²) in [5.74, 6) is 0.835. The van der Waals surface area contributed by atoms with Gasteiger partial charge in [0, 0.05) is 16.6 Å². The molecule has 25 heavy (non-hydrogen) atoms. The molecular weight excluding hydrogens is 357 g/mol. The number of amides is 1. The van der Waals surface area contributed by atoms with Crippen LogP contribution in [0.5, 0.6) is 5.75 Å². The fourth-order valence-electron chi connectivity index (χ4n) is 2.44. The lowest BCUT2D eigenvalue weighted by Gasteiger charge is -2.16. The van der Waals surface area contributed by atoms with Crippen LogP contribution in [0.15, 0.2) is 36.4 Å². The summed E-state index contributed by atoms with van der Waals surface area (Å²) in [5.41, 5.74) is 3.06. The predicted molar refractivity (Wildman–Crippen MR) is 104 cm³/mol. The second-order valence-corrected chi connectivity index (χ2v) is 7.15. The molecule has 1 N–H and O–H groups in total. The average molecular weight is 380 g/mol. The summed E-state index contributed by atoms with van der Waals surface area (Å²) in [6.07, 6.45) is 0.750. The molecule has 3 nitrogen and oxygen atoms in total. The summed E-state index contributed by atoms with van der Waals surface area (Å²) in [6, 6.07) is 11.4. The Labute approximate surface area is 159 Å². The Morgan fingerprint density at radius 1 is 1.16 bits per heavy atom. The van der Waals surface area contributed by atoms with Crippen LogP contribution in [-0.4, -0.2) is 19.1 Å². The normalized spacial score (nSPS) is 10.8. The number of aryl methyl sites for hydroxylation is 1. The number of hydrogen-bond acceptors (Lipinski definition) is 2. The molecule has 0 heterocycles. The molecule has 0 radical (unpaired) electrons. The molecule has 5 heteroatoms. The highest BCUT2D eigenvalue weighted by atomic mass is 35.5. The number of benzene rings is 2. The third-order valence-electron chi connectivity index (χ3n) is 3.92. The molecule has 0 bridgehead atoms. The fourth-order valence-corrected chi connectivity index (χ4v) is 2.74. The van der Waals surface area contributed by atoms with Gasteiger partial charge in [-0.2, -0.15) is 0 Å². The van der Waals surface area contributed by atoms with Crippen LogP contribution < -0.4 is 10.1 Å². The van der Waals surface area contributed by atoms with Crippen molar-refractivity contribution in [2.75, 3.05) is 13.2 Å². The van der Waals surface area contributed by atoms with Gasteiger partial charge in [-0.1, -0.05) is 49.2 Å². The molecule has 2 aromatic carbocycles. The van der Waals surface area contributed by atoms with E-state index >= 15 is 0 Å². The van der Waals surface area contributed by atoms with E-state index in [1.54, 1.807) is 0 Å². The molecule has 2 aromatic rings. The maximum Gasteiger partial charge on any atom is 0.257 e. The van der Waals surface area contributed by atoms with Crippen molar-refractivity contribution < 1.29 is 9.53 Å². The summed E-state index contributed by atoms with van der Waals surface area (Å²) in [6.45, 7) is 6.60. The lowest BCUT2D eigenvalue weighted by Crippen LogP contribution is -2.30. The monoisotopic (exact) mass is 379 g/mol. The van der Waals surface area contributed by atoms with Gasteiger partial charge >= 0.3 is 0 Å². The molecule has 0 atom stereocenters. The second-order valence-electron chi connectivity index (χ2n) is 6.31. The molecule has 0 aliphatic heterocycles. The minimum absolute atomic E-state index is 0.0125. The van der Waals surface area contributed by atoms with Crippen molar-refractivity contribution in [1.82, 2.24) is 5.32 Å². The second kappa shape index (κ2) is 9.12. The molecule has 0 unspecified atom stereocenters. The van der Waals surface area contributed by atoms with Gasteiger partial charge in [-0.25, -0.2) is 0 Å². The Hall–Kier alpha value is -1.71. The molecule has 0 aliphatic rings. The Morgan fingerprint density at radius 3 is 2.48 bits per heavy atom. The molecule has 134 valence electrons. The van der Waals surface area contributed by atoms with Crippen molar-refractivity contribution >= 4 is 29.1 Å². The lowest BCUT2D eigenvalue weighted by molar-refractivity contribution is -0.123. The van der Waals surface area contributed by atoms with E-state index in [1.165, 1.54) is 0 Å². The fraction of sp³-hybridized carbons (Fsp3) is 0.350. The first-order chi connectivity index (χ1) is 11.9. The van der Waals surface area contributed by atoms with Gasteiger partial charge in [0.25, 0.3) is 5.91 Å². The lowest BCUT2D eigenvalue weighted by atomic mass is 10.0. The minimum atomic E-state index is -0.142. The van der Waals surface area contributed by atoms with Gasteiger partial charge in [-0.15, -0.1) is 0 Å². The summed E-state index contributed by atoms with van der Waals surface area (Å²) >= 11 is 12.0. The molecule has 0 aromatic heterocycles. The van der Waals surface area contributed by atoms with Gasteiger partial charge in [-0.05, 0) is 60.2 Å². The number of hydrogen-bond donors (Lipinski definition) is 1. The third-order valence-corrected chi connectivity index (χ3v) is 4.58. The first-order valence-corrected chi connectivity index (χ1v) is 9.06. The zero-order chi connectivity index (χ0) is 18.4. The molecule has 0 saturated carbocycles. The average Bonchev–Trinajstić information content (AvgIpc) is 2.57. The summed E-state index contributed by atoms with van der Waals surface area (Å²) < 4.78 is 5.73. The Kier molecular flexibility index (Phi) is 7.15. The van der Waals surface area contributed by atoms with Crippen LogP contribution in [0.1, 0.15) is 36.5 Å². The van der Waals surface area contributed by atoms with Crippen LogP contribution in [0.2, 0.25) is 10.0 Å². The predicted octanol–water partition coefficient (Wildman–Crippen LogP) is 5.16. The van der Waals surface area contributed by atoms with E-state index in [-0.39, 0.29) is 18.4 Å². The quantitative estimate of drug-likeness (QED) is 0.720. The molecule has 0 spiro atoms.